The molecule has 1 fully saturated rings. The molecular formula is C16H19FN2OS. The normalized spacial score (nSPS) is 16.4. The summed E-state index contributed by atoms with van der Waals surface area (Å²) < 4.78 is 13.3. The third-order valence-electron chi connectivity index (χ3n) is 4.01. The van der Waals surface area contributed by atoms with Gasteiger partial charge in [0.15, 0.2) is 0 Å². The first-order valence-corrected chi connectivity index (χ1v) is 8.46. The zero-order valence-corrected chi connectivity index (χ0v) is 12.9. The van der Waals surface area contributed by atoms with Crippen LogP contribution in [0.3, 0.4) is 0 Å². The fourth-order valence-electron chi connectivity index (χ4n) is 2.77. The van der Waals surface area contributed by atoms with E-state index in [9.17, 15) is 14.4 Å². The van der Waals surface area contributed by atoms with Crippen molar-refractivity contribution >= 4 is 17.7 Å². The number of nitrogens with one attached hydrogen (secondary N) is 1. The van der Waals surface area contributed by atoms with Crippen molar-refractivity contribution in [3.05, 3.63) is 35.1 Å². The van der Waals surface area contributed by atoms with Gasteiger partial charge in [-0.15, -0.1) is 0 Å². The lowest BCUT2D eigenvalue weighted by Crippen LogP contribution is -2.38. The van der Waals surface area contributed by atoms with Crippen LogP contribution in [0.15, 0.2) is 18.2 Å². The summed E-state index contributed by atoms with van der Waals surface area (Å²) in [6, 6.07) is 6.80. The SMILES string of the molecule is CSCc1cc(F)ccc1CNC(=O)C1(C#N)CCCC1. The van der Waals surface area contributed by atoms with Gasteiger partial charge in [0, 0.05) is 12.3 Å². The van der Waals surface area contributed by atoms with Gasteiger partial charge in [0.05, 0.1) is 6.07 Å². The summed E-state index contributed by atoms with van der Waals surface area (Å²) in [4.78, 5) is 12.3. The van der Waals surface area contributed by atoms with Crippen LogP contribution in [0.2, 0.25) is 0 Å². The van der Waals surface area contributed by atoms with Crippen molar-refractivity contribution in [2.45, 2.75) is 38.0 Å². The van der Waals surface area contributed by atoms with Crippen LogP contribution < -0.4 is 5.32 Å². The molecule has 1 aliphatic rings. The highest BCUT2D eigenvalue weighted by atomic mass is 32.2. The van der Waals surface area contributed by atoms with Crippen molar-refractivity contribution in [2.24, 2.45) is 5.41 Å². The molecule has 1 aliphatic carbocycles. The van der Waals surface area contributed by atoms with Crippen LogP contribution in [0.4, 0.5) is 4.39 Å². The van der Waals surface area contributed by atoms with Crippen molar-refractivity contribution in [2.75, 3.05) is 6.26 Å². The van der Waals surface area contributed by atoms with Crippen LogP contribution >= 0.6 is 11.8 Å². The molecule has 0 aromatic heterocycles. The van der Waals surface area contributed by atoms with Crippen molar-refractivity contribution in [3.63, 3.8) is 0 Å². The van der Waals surface area contributed by atoms with Crippen LogP contribution in [-0.2, 0) is 17.1 Å². The molecule has 1 aromatic rings. The molecule has 1 saturated carbocycles. The van der Waals surface area contributed by atoms with Crippen LogP contribution in [0, 0.1) is 22.6 Å². The number of halogens is 1. The maximum Gasteiger partial charge on any atom is 0.240 e. The molecule has 0 radical (unpaired) electrons. The molecule has 0 bridgehead atoms. The van der Waals surface area contributed by atoms with Crippen molar-refractivity contribution < 1.29 is 9.18 Å². The Hall–Kier alpha value is -1.54. The summed E-state index contributed by atoms with van der Waals surface area (Å²) in [5.74, 6) is 0.243. The predicted octanol–water partition coefficient (Wildman–Crippen LogP) is 3.39. The summed E-state index contributed by atoms with van der Waals surface area (Å²) in [5, 5.41) is 12.2. The van der Waals surface area contributed by atoms with Gasteiger partial charge in [-0.1, -0.05) is 18.9 Å². The second-order valence-corrected chi connectivity index (χ2v) is 6.30. The lowest BCUT2D eigenvalue weighted by Gasteiger charge is -2.20. The quantitative estimate of drug-likeness (QED) is 0.907. The smallest absolute Gasteiger partial charge is 0.240 e. The van der Waals surface area contributed by atoms with Gasteiger partial charge < -0.3 is 5.32 Å². The van der Waals surface area contributed by atoms with E-state index < -0.39 is 5.41 Å². The maximum absolute atomic E-state index is 13.3. The number of benzene rings is 1. The molecule has 5 heteroatoms. The number of carbonyl (C=O) groups excluding carboxylic acids is 1. The minimum Gasteiger partial charge on any atom is -0.351 e. The topological polar surface area (TPSA) is 52.9 Å². The number of thioether (sulfide) groups is 1. The predicted molar refractivity (Wildman–Crippen MR) is 82.0 cm³/mol. The molecule has 0 aliphatic heterocycles. The van der Waals surface area contributed by atoms with Crippen LogP contribution in [0.5, 0.6) is 0 Å². The van der Waals surface area contributed by atoms with Gasteiger partial charge in [0.2, 0.25) is 5.91 Å². The second-order valence-electron chi connectivity index (χ2n) is 5.43. The first kappa shape index (κ1) is 15.8. The monoisotopic (exact) mass is 306 g/mol. The minimum absolute atomic E-state index is 0.193. The Morgan fingerprint density at radius 2 is 2.14 bits per heavy atom. The number of amides is 1. The van der Waals surface area contributed by atoms with Gasteiger partial charge in [0.25, 0.3) is 0 Å². The third-order valence-corrected chi connectivity index (χ3v) is 4.61. The summed E-state index contributed by atoms with van der Waals surface area (Å²) in [5.41, 5.74) is 0.935. The molecule has 21 heavy (non-hydrogen) atoms. The first-order valence-electron chi connectivity index (χ1n) is 7.07. The Labute approximate surface area is 128 Å². The lowest BCUT2D eigenvalue weighted by atomic mass is 9.87. The Kier molecular flexibility index (Phi) is 5.24. The minimum atomic E-state index is -0.861. The Morgan fingerprint density at radius 1 is 1.43 bits per heavy atom. The number of nitriles is 1. The molecule has 0 atom stereocenters. The Morgan fingerprint density at radius 3 is 2.76 bits per heavy atom. The van der Waals surface area contributed by atoms with Gasteiger partial charge in [-0.2, -0.15) is 17.0 Å². The molecule has 1 amide bonds. The largest absolute Gasteiger partial charge is 0.351 e. The van der Waals surface area contributed by atoms with E-state index in [4.69, 9.17) is 0 Å². The highest BCUT2D eigenvalue weighted by molar-refractivity contribution is 7.97. The zero-order valence-electron chi connectivity index (χ0n) is 12.1. The number of nitrogens with zero attached hydrogens (tertiary/aromatic N) is 1. The van der Waals surface area contributed by atoms with Crippen molar-refractivity contribution in [3.8, 4) is 6.07 Å². The summed E-state index contributed by atoms with van der Waals surface area (Å²) >= 11 is 1.61. The maximum atomic E-state index is 13.3. The number of hydrogen-bond acceptors (Lipinski definition) is 3. The molecule has 0 spiro atoms. The van der Waals surface area contributed by atoms with Crippen molar-refractivity contribution in [1.82, 2.24) is 5.32 Å². The number of rotatable bonds is 5. The molecule has 1 aromatic carbocycles. The molecule has 2 rings (SSSR count). The summed E-state index contributed by atoms with van der Waals surface area (Å²) in [6.45, 7) is 0.346. The summed E-state index contributed by atoms with van der Waals surface area (Å²) in [6.07, 6.45) is 5.08. The molecule has 3 nitrogen and oxygen atoms in total. The van der Waals surface area contributed by atoms with E-state index in [0.717, 1.165) is 24.0 Å². The number of hydrogen-bond donors (Lipinski definition) is 1. The average Bonchev–Trinajstić information content (AvgIpc) is 2.96. The fraction of sp³-hybridized carbons (Fsp3) is 0.500. The van der Waals surface area contributed by atoms with Gasteiger partial charge in [-0.25, -0.2) is 4.39 Å². The van der Waals surface area contributed by atoms with E-state index in [1.54, 1.807) is 17.8 Å². The Bertz CT molecular complexity index is 562. The molecule has 0 saturated heterocycles. The van der Waals surface area contributed by atoms with Crippen LogP contribution in [0.25, 0.3) is 0 Å². The first-order chi connectivity index (χ1) is 10.1. The lowest BCUT2D eigenvalue weighted by molar-refractivity contribution is -0.128. The molecule has 0 unspecified atom stereocenters. The van der Waals surface area contributed by atoms with Gasteiger partial charge in [-0.05, 0) is 42.4 Å². The molecule has 0 heterocycles. The zero-order chi connectivity index (χ0) is 15.3. The van der Waals surface area contributed by atoms with E-state index in [2.05, 4.69) is 11.4 Å². The highest BCUT2D eigenvalue weighted by Crippen LogP contribution is 2.37. The van der Waals surface area contributed by atoms with Gasteiger partial charge >= 0.3 is 0 Å². The van der Waals surface area contributed by atoms with E-state index in [1.807, 2.05) is 6.26 Å². The fourth-order valence-corrected chi connectivity index (χ4v) is 3.35. The molecule has 1 N–H and O–H groups in total. The van der Waals surface area contributed by atoms with E-state index >= 15 is 0 Å². The van der Waals surface area contributed by atoms with Crippen LogP contribution in [-0.4, -0.2) is 12.2 Å². The van der Waals surface area contributed by atoms with E-state index in [0.29, 0.717) is 25.1 Å². The standard InChI is InChI=1S/C16H19FN2OS/c1-21-10-13-8-14(17)5-4-12(13)9-19-15(20)16(11-18)6-2-3-7-16/h4-5,8H,2-3,6-7,9-10H2,1H3,(H,19,20). The van der Waals surface area contributed by atoms with E-state index in [-0.39, 0.29) is 11.7 Å². The third kappa shape index (κ3) is 3.56. The highest BCUT2D eigenvalue weighted by Gasteiger charge is 2.41. The van der Waals surface area contributed by atoms with E-state index in [1.165, 1.54) is 12.1 Å². The molecular weight excluding hydrogens is 287 g/mol. The second kappa shape index (κ2) is 6.95. The van der Waals surface area contributed by atoms with Crippen molar-refractivity contribution in [1.29, 1.82) is 5.26 Å². The van der Waals surface area contributed by atoms with Gasteiger partial charge in [-0.3, -0.25) is 4.79 Å². The summed E-state index contributed by atoms with van der Waals surface area (Å²) in [7, 11) is 0. The van der Waals surface area contributed by atoms with Crippen LogP contribution in [0.1, 0.15) is 36.8 Å². The number of carbonyl (C=O) groups is 1. The Balaban J connectivity index is 2.06. The average molecular weight is 306 g/mol. The molecule has 112 valence electrons. The van der Waals surface area contributed by atoms with Gasteiger partial charge in [0.1, 0.15) is 11.2 Å².